The zero-order valence-corrected chi connectivity index (χ0v) is 19.5. The summed E-state index contributed by atoms with van der Waals surface area (Å²) in [7, 11) is -0.692. The molecule has 32 heavy (non-hydrogen) atoms. The fraction of sp³-hybridized carbons (Fsp3) is 0.476. The van der Waals surface area contributed by atoms with Gasteiger partial charge in [-0.2, -0.15) is 4.39 Å². The minimum Gasteiger partial charge on any atom is -0.370 e. The molecule has 6 nitrogen and oxygen atoms in total. The zero-order valence-electron chi connectivity index (χ0n) is 17.9. The normalized spacial score (nSPS) is 25.4. The predicted molar refractivity (Wildman–Crippen MR) is 117 cm³/mol. The van der Waals surface area contributed by atoms with Crippen LogP contribution in [0.4, 0.5) is 24.7 Å². The van der Waals surface area contributed by atoms with Crippen LogP contribution in [0.5, 0.6) is 0 Å². The highest BCUT2D eigenvalue weighted by molar-refractivity contribution is 7.92. The lowest BCUT2D eigenvalue weighted by molar-refractivity contribution is -0.0724. The SMILES string of the molecule is CN(C)C1(C)CCC12CCN(c1cc(F)c(S(=O)(=O)Nc3cccc(F)n3)c(F)c1Cl)C2. The van der Waals surface area contributed by atoms with Crippen LogP contribution < -0.4 is 9.62 Å². The number of nitrogens with one attached hydrogen (secondary N) is 1. The average molecular weight is 489 g/mol. The molecule has 1 saturated carbocycles. The van der Waals surface area contributed by atoms with Crippen molar-refractivity contribution in [2.45, 2.75) is 36.6 Å². The van der Waals surface area contributed by atoms with Crippen LogP contribution in [-0.2, 0) is 10.0 Å². The maximum absolute atomic E-state index is 15.1. The Morgan fingerprint density at radius 2 is 1.91 bits per heavy atom. The number of rotatable bonds is 5. The third-order valence-corrected chi connectivity index (χ3v) is 8.98. The first kappa shape index (κ1) is 23.1. The van der Waals surface area contributed by atoms with E-state index < -0.39 is 43.3 Å². The maximum atomic E-state index is 15.1. The van der Waals surface area contributed by atoms with Crippen molar-refractivity contribution >= 4 is 33.1 Å². The summed E-state index contributed by atoms with van der Waals surface area (Å²) in [5.74, 6) is -4.02. The molecule has 0 bridgehead atoms. The Balaban J connectivity index is 1.66. The van der Waals surface area contributed by atoms with Crippen molar-refractivity contribution in [1.82, 2.24) is 9.88 Å². The van der Waals surface area contributed by atoms with Crippen molar-refractivity contribution in [1.29, 1.82) is 0 Å². The molecule has 1 aromatic carbocycles. The Bertz CT molecular complexity index is 1180. The van der Waals surface area contributed by atoms with Crippen LogP contribution in [0.25, 0.3) is 0 Å². The number of hydrogen-bond acceptors (Lipinski definition) is 5. The molecule has 11 heteroatoms. The summed E-state index contributed by atoms with van der Waals surface area (Å²) < 4.78 is 70.5. The van der Waals surface area contributed by atoms with Gasteiger partial charge >= 0.3 is 0 Å². The molecule has 0 amide bonds. The van der Waals surface area contributed by atoms with Crippen molar-refractivity contribution in [3.63, 3.8) is 0 Å². The first-order valence-electron chi connectivity index (χ1n) is 10.2. The van der Waals surface area contributed by atoms with Crippen molar-refractivity contribution < 1.29 is 21.6 Å². The fourth-order valence-electron chi connectivity index (χ4n) is 4.96. The summed E-state index contributed by atoms with van der Waals surface area (Å²) in [5.41, 5.74) is 0.0629. The van der Waals surface area contributed by atoms with Crippen LogP contribution >= 0.6 is 11.6 Å². The van der Waals surface area contributed by atoms with Gasteiger partial charge in [0.1, 0.15) is 16.7 Å². The van der Waals surface area contributed by atoms with Crippen molar-refractivity contribution in [2.75, 3.05) is 36.8 Å². The van der Waals surface area contributed by atoms with E-state index in [0.717, 1.165) is 37.5 Å². The molecule has 2 aromatic rings. The van der Waals surface area contributed by atoms with Gasteiger partial charge in [-0.1, -0.05) is 17.7 Å². The minimum absolute atomic E-state index is 0.0257. The quantitative estimate of drug-likeness (QED) is 0.503. The lowest BCUT2D eigenvalue weighted by atomic mass is 9.54. The number of sulfonamides is 1. The van der Waals surface area contributed by atoms with Crippen LogP contribution in [-0.4, -0.2) is 51.0 Å². The highest BCUT2D eigenvalue weighted by atomic mass is 35.5. The average Bonchev–Trinajstić information content (AvgIpc) is 3.16. The molecule has 1 aliphatic carbocycles. The molecule has 2 heterocycles. The van der Waals surface area contributed by atoms with Gasteiger partial charge in [-0.05, 0) is 52.4 Å². The highest BCUT2D eigenvalue weighted by Gasteiger charge is 2.59. The largest absolute Gasteiger partial charge is 0.370 e. The van der Waals surface area contributed by atoms with Crippen LogP contribution in [0.15, 0.2) is 29.2 Å². The van der Waals surface area contributed by atoms with Crippen LogP contribution in [0.1, 0.15) is 26.2 Å². The van der Waals surface area contributed by atoms with E-state index in [0.29, 0.717) is 13.1 Å². The number of benzene rings is 1. The molecule has 1 spiro atoms. The van der Waals surface area contributed by atoms with Gasteiger partial charge in [0.05, 0.1) is 5.69 Å². The van der Waals surface area contributed by atoms with Crippen molar-refractivity contribution in [3.05, 3.63) is 46.9 Å². The molecule has 1 aliphatic heterocycles. The molecule has 2 unspecified atom stereocenters. The predicted octanol–water partition coefficient (Wildman–Crippen LogP) is 4.26. The first-order valence-corrected chi connectivity index (χ1v) is 12.0. The van der Waals surface area contributed by atoms with Gasteiger partial charge in [-0.15, -0.1) is 0 Å². The van der Waals surface area contributed by atoms with Gasteiger partial charge in [0, 0.05) is 30.1 Å². The van der Waals surface area contributed by atoms with Gasteiger partial charge < -0.3 is 9.80 Å². The molecule has 2 atom stereocenters. The number of halogens is 4. The smallest absolute Gasteiger partial charge is 0.268 e. The third-order valence-electron chi connectivity index (χ3n) is 7.23. The third kappa shape index (κ3) is 3.52. The topological polar surface area (TPSA) is 65.5 Å². The number of aromatic nitrogens is 1. The van der Waals surface area contributed by atoms with E-state index in [1.165, 1.54) is 6.07 Å². The summed E-state index contributed by atoms with van der Waals surface area (Å²) in [6, 6.07) is 4.34. The Labute approximate surface area is 190 Å². The minimum atomic E-state index is -4.74. The van der Waals surface area contributed by atoms with Gasteiger partial charge in [-0.25, -0.2) is 22.2 Å². The number of pyridine rings is 1. The van der Waals surface area contributed by atoms with Gasteiger partial charge in [-0.3, -0.25) is 4.72 Å². The van der Waals surface area contributed by atoms with E-state index in [4.69, 9.17) is 11.6 Å². The summed E-state index contributed by atoms with van der Waals surface area (Å²) in [6.45, 7) is 3.31. The standard InChI is InChI=1S/C21H24ClF3N4O2S/c1-20(28(2)3)7-8-21(20)9-10-29(12-21)14-11-13(23)19(18(25)17(14)22)32(30,31)27-16-6-4-5-15(24)26-16/h4-6,11H,7-10,12H2,1-3H3,(H,26,27). The van der Waals surface area contributed by atoms with E-state index in [1.807, 2.05) is 23.7 Å². The Hall–Kier alpha value is -2.04. The van der Waals surface area contributed by atoms with E-state index in [9.17, 15) is 17.2 Å². The molecule has 1 N–H and O–H groups in total. The molecule has 2 aliphatic rings. The van der Waals surface area contributed by atoms with Crippen molar-refractivity contribution in [2.24, 2.45) is 5.41 Å². The Kier molecular flexibility index (Phi) is 5.62. The second-order valence-corrected chi connectivity index (χ2v) is 10.9. The van der Waals surface area contributed by atoms with E-state index in [2.05, 4.69) is 16.8 Å². The summed E-state index contributed by atoms with van der Waals surface area (Å²) in [4.78, 5) is 6.13. The monoisotopic (exact) mass is 488 g/mol. The van der Waals surface area contributed by atoms with Crippen molar-refractivity contribution in [3.8, 4) is 0 Å². The van der Waals surface area contributed by atoms with Crippen LogP contribution in [0.2, 0.25) is 5.02 Å². The van der Waals surface area contributed by atoms with Gasteiger partial charge in [0.2, 0.25) is 5.95 Å². The van der Waals surface area contributed by atoms with Crippen LogP contribution in [0, 0.1) is 23.0 Å². The lowest BCUT2D eigenvalue weighted by Crippen LogP contribution is -2.64. The van der Waals surface area contributed by atoms with Gasteiger partial charge in [0.25, 0.3) is 10.0 Å². The van der Waals surface area contributed by atoms with Gasteiger partial charge in [0.15, 0.2) is 10.7 Å². The van der Waals surface area contributed by atoms with Crippen LogP contribution in [0.3, 0.4) is 0 Å². The van der Waals surface area contributed by atoms with E-state index in [-0.39, 0.29) is 16.6 Å². The second kappa shape index (κ2) is 7.78. The summed E-state index contributed by atoms with van der Waals surface area (Å²) >= 11 is 6.21. The molecule has 4 rings (SSSR count). The second-order valence-electron chi connectivity index (χ2n) is 8.91. The molecule has 2 fully saturated rings. The number of hydrogen-bond donors (Lipinski definition) is 1. The van der Waals surface area contributed by atoms with E-state index >= 15 is 4.39 Å². The lowest BCUT2D eigenvalue weighted by Gasteiger charge is -2.59. The maximum Gasteiger partial charge on any atom is 0.268 e. The highest BCUT2D eigenvalue weighted by Crippen LogP contribution is 2.58. The summed E-state index contributed by atoms with van der Waals surface area (Å²) in [6.07, 6.45) is 2.87. The molecular weight excluding hydrogens is 465 g/mol. The molecular formula is C21H24ClF3N4O2S. The van der Waals surface area contributed by atoms with E-state index in [1.54, 1.807) is 0 Å². The number of anilines is 2. The molecule has 174 valence electrons. The Morgan fingerprint density at radius 1 is 1.19 bits per heavy atom. The molecule has 1 aromatic heterocycles. The number of nitrogens with zero attached hydrogens (tertiary/aromatic N) is 3. The summed E-state index contributed by atoms with van der Waals surface area (Å²) in [5, 5.41) is -0.470. The zero-order chi connectivity index (χ0) is 23.5. The first-order chi connectivity index (χ1) is 14.9. The molecule has 1 saturated heterocycles. The fourth-order valence-corrected chi connectivity index (χ4v) is 6.43. The Morgan fingerprint density at radius 3 is 2.50 bits per heavy atom. The molecule has 0 radical (unpaired) electrons.